The third-order valence-electron chi connectivity index (χ3n) is 6.66. The Balaban J connectivity index is 1.37. The van der Waals surface area contributed by atoms with Crippen LogP contribution in [0.3, 0.4) is 0 Å². The van der Waals surface area contributed by atoms with Gasteiger partial charge in [-0.3, -0.25) is 9.59 Å². The van der Waals surface area contributed by atoms with E-state index < -0.39 is 0 Å². The zero-order chi connectivity index (χ0) is 18.3. The second-order valence-electron chi connectivity index (χ2n) is 8.28. The van der Waals surface area contributed by atoms with Crippen molar-refractivity contribution in [3.8, 4) is 0 Å². The summed E-state index contributed by atoms with van der Waals surface area (Å²) in [6.07, 6.45) is 4.45. The Bertz CT molecular complexity index is 587. The Labute approximate surface area is 155 Å². The first-order valence-corrected chi connectivity index (χ1v) is 10.2. The zero-order valence-corrected chi connectivity index (χ0v) is 15.7. The van der Waals surface area contributed by atoms with Crippen LogP contribution in [0.4, 0.5) is 4.79 Å². The van der Waals surface area contributed by atoms with Gasteiger partial charge in [0.2, 0.25) is 11.8 Å². The van der Waals surface area contributed by atoms with Gasteiger partial charge in [0.1, 0.15) is 0 Å². The van der Waals surface area contributed by atoms with Crippen molar-refractivity contribution in [3.63, 3.8) is 0 Å². The van der Waals surface area contributed by atoms with E-state index in [0.717, 1.165) is 38.9 Å². The molecule has 2 unspecified atom stereocenters. The summed E-state index contributed by atoms with van der Waals surface area (Å²) in [6, 6.07) is 0.459. The molecule has 7 heteroatoms. The average molecular weight is 362 g/mol. The number of fused-ring (bicyclic) bond motifs is 4. The minimum atomic E-state index is 0.124. The molecule has 4 rings (SSSR count). The molecule has 0 saturated carbocycles. The van der Waals surface area contributed by atoms with E-state index in [1.807, 2.05) is 21.6 Å². The van der Waals surface area contributed by atoms with E-state index in [2.05, 4.69) is 4.90 Å². The van der Waals surface area contributed by atoms with Crippen LogP contribution in [0.15, 0.2) is 0 Å². The maximum absolute atomic E-state index is 13.0. The standard InChI is InChI=1S/C19H30N4O3/c1-2-17(24)20-6-8-21(9-7-20)19(26)22-11-14-10-15(13-22)16-4-3-5-18(25)23(16)12-14/h14-16H,2-13H2,1H3/t14?,15?,16-/m1/s1. The Hall–Kier alpha value is -1.79. The van der Waals surface area contributed by atoms with Crippen LogP contribution >= 0.6 is 0 Å². The first-order chi connectivity index (χ1) is 12.6. The van der Waals surface area contributed by atoms with Crippen LogP contribution in [0.2, 0.25) is 0 Å². The number of hydrogen-bond acceptors (Lipinski definition) is 3. The van der Waals surface area contributed by atoms with Gasteiger partial charge in [-0.2, -0.15) is 0 Å². The minimum absolute atomic E-state index is 0.124. The predicted octanol–water partition coefficient (Wildman–Crippen LogP) is 0.993. The van der Waals surface area contributed by atoms with E-state index in [4.69, 9.17) is 0 Å². The highest BCUT2D eigenvalue weighted by Crippen LogP contribution is 2.38. The number of likely N-dealkylation sites (tertiary alicyclic amines) is 1. The number of carbonyl (C=O) groups excluding carboxylic acids is 3. The van der Waals surface area contributed by atoms with Crippen LogP contribution in [0.25, 0.3) is 0 Å². The molecule has 4 saturated heterocycles. The van der Waals surface area contributed by atoms with Crippen molar-refractivity contribution in [3.05, 3.63) is 0 Å². The van der Waals surface area contributed by atoms with Gasteiger partial charge in [-0.05, 0) is 31.1 Å². The second kappa shape index (κ2) is 7.08. The molecule has 7 nitrogen and oxygen atoms in total. The molecule has 0 aromatic heterocycles. The molecule has 4 aliphatic heterocycles. The van der Waals surface area contributed by atoms with Gasteiger partial charge < -0.3 is 19.6 Å². The summed E-state index contributed by atoms with van der Waals surface area (Å²) < 4.78 is 0. The number of piperidine rings is 3. The smallest absolute Gasteiger partial charge is 0.320 e. The number of carbonyl (C=O) groups is 3. The lowest BCUT2D eigenvalue weighted by Crippen LogP contribution is -2.63. The summed E-state index contributed by atoms with van der Waals surface area (Å²) in [4.78, 5) is 45.0. The number of hydrogen-bond donors (Lipinski definition) is 0. The number of rotatable bonds is 1. The molecule has 0 aliphatic carbocycles. The number of nitrogens with zero attached hydrogens (tertiary/aromatic N) is 4. The fourth-order valence-corrected chi connectivity index (χ4v) is 5.34. The topological polar surface area (TPSA) is 64.2 Å². The molecule has 26 heavy (non-hydrogen) atoms. The van der Waals surface area contributed by atoms with Gasteiger partial charge in [-0.1, -0.05) is 6.92 Å². The highest BCUT2D eigenvalue weighted by Gasteiger charge is 2.45. The van der Waals surface area contributed by atoms with Crippen LogP contribution in [0, 0.1) is 11.8 Å². The molecule has 0 radical (unpaired) electrons. The minimum Gasteiger partial charge on any atom is -0.339 e. The zero-order valence-electron chi connectivity index (χ0n) is 15.7. The van der Waals surface area contributed by atoms with Gasteiger partial charge >= 0.3 is 6.03 Å². The Morgan fingerprint density at radius 1 is 1.00 bits per heavy atom. The molecule has 0 spiro atoms. The average Bonchev–Trinajstić information content (AvgIpc) is 2.67. The molecule has 4 aliphatic rings. The van der Waals surface area contributed by atoms with Crippen molar-refractivity contribution < 1.29 is 14.4 Å². The van der Waals surface area contributed by atoms with Crippen molar-refractivity contribution in [2.45, 2.75) is 45.1 Å². The van der Waals surface area contributed by atoms with Gasteiger partial charge in [0, 0.05) is 64.7 Å². The van der Waals surface area contributed by atoms with Gasteiger partial charge in [0.25, 0.3) is 0 Å². The molecule has 3 atom stereocenters. The van der Waals surface area contributed by atoms with Gasteiger partial charge in [0.05, 0.1) is 0 Å². The van der Waals surface area contributed by atoms with Gasteiger partial charge in [-0.25, -0.2) is 4.79 Å². The number of piperazine rings is 1. The van der Waals surface area contributed by atoms with Gasteiger partial charge in [0.15, 0.2) is 0 Å². The Morgan fingerprint density at radius 3 is 2.46 bits per heavy atom. The fourth-order valence-electron chi connectivity index (χ4n) is 5.34. The van der Waals surface area contributed by atoms with Crippen LogP contribution in [0.5, 0.6) is 0 Å². The number of amides is 4. The fraction of sp³-hybridized carbons (Fsp3) is 0.842. The summed E-state index contributed by atoms with van der Waals surface area (Å²) in [5.41, 5.74) is 0. The van der Waals surface area contributed by atoms with E-state index in [1.54, 1.807) is 0 Å². The van der Waals surface area contributed by atoms with Gasteiger partial charge in [-0.15, -0.1) is 0 Å². The molecule has 4 fully saturated rings. The molecule has 0 aromatic carbocycles. The van der Waals surface area contributed by atoms with E-state index in [9.17, 15) is 14.4 Å². The Morgan fingerprint density at radius 2 is 1.73 bits per heavy atom. The van der Waals surface area contributed by atoms with Crippen molar-refractivity contribution in [2.24, 2.45) is 11.8 Å². The highest BCUT2D eigenvalue weighted by molar-refractivity contribution is 5.78. The number of urea groups is 1. The summed E-state index contributed by atoms with van der Waals surface area (Å²) >= 11 is 0. The van der Waals surface area contributed by atoms with Crippen molar-refractivity contribution in [1.82, 2.24) is 19.6 Å². The van der Waals surface area contributed by atoms with Crippen LogP contribution in [-0.2, 0) is 9.59 Å². The molecule has 2 bridgehead atoms. The highest BCUT2D eigenvalue weighted by atomic mass is 16.2. The summed E-state index contributed by atoms with van der Waals surface area (Å²) in [5.74, 6) is 1.33. The third kappa shape index (κ3) is 3.16. The maximum Gasteiger partial charge on any atom is 0.320 e. The van der Waals surface area contributed by atoms with Crippen molar-refractivity contribution in [2.75, 3.05) is 45.8 Å². The first kappa shape index (κ1) is 17.6. The first-order valence-electron chi connectivity index (χ1n) is 10.2. The molecular weight excluding hydrogens is 332 g/mol. The molecular formula is C19H30N4O3. The monoisotopic (exact) mass is 362 g/mol. The lowest BCUT2D eigenvalue weighted by Gasteiger charge is -2.53. The molecule has 4 amide bonds. The predicted molar refractivity (Wildman–Crippen MR) is 96.4 cm³/mol. The van der Waals surface area contributed by atoms with E-state index in [-0.39, 0.29) is 11.9 Å². The van der Waals surface area contributed by atoms with E-state index in [1.165, 1.54) is 0 Å². The largest absolute Gasteiger partial charge is 0.339 e. The summed E-state index contributed by atoms with van der Waals surface area (Å²) in [5, 5.41) is 0. The summed E-state index contributed by atoms with van der Waals surface area (Å²) in [6.45, 7) is 6.79. The van der Waals surface area contributed by atoms with Crippen LogP contribution in [0.1, 0.15) is 39.0 Å². The van der Waals surface area contributed by atoms with Crippen LogP contribution < -0.4 is 0 Å². The molecule has 144 valence electrons. The molecule has 0 aromatic rings. The Kier molecular flexibility index (Phi) is 4.80. The molecule has 0 N–H and O–H groups in total. The maximum atomic E-state index is 13.0. The molecule has 4 heterocycles. The lowest BCUT2D eigenvalue weighted by atomic mass is 9.76. The van der Waals surface area contributed by atoms with E-state index in [0.29, 0.717) is 62.8 Å². The van der Waals surface area contributed by atoms with Crippen LogP contribution in [-0.4, -0.2) is 89.3 Å². The van der Waals surface area contributed by atoms with Crippen molar-refractivity contribution in [1.29, 1.82) is 0 Å². The normalized spacial score (nSPS) is 31.7. The van der Waals surface area contributed by atoms with Crippen molar-refractivity contribution >= 4 is 17.8 Å². The third-order valence-corrected chi connectivity index (χ3v) is 6.66. The summed E-state index contributed by atoms with van der Waals surface area (Å²) in [7, 11) is 0. The quantitative estimate of drug-likeness (QED) is 0.699. The lowest BCUT2D eigenvalue weighted by molar-refractivity contribution is -0.144. The SMILES string of the molecule is CCC(=O)N1CCN(C(=O)N2CC3CC(C2)[C@H]2CCCC(=O)N2C3)CC1. The van der Waals surface area contributed by atoms with E-state index >= 15 is 0 Å². The second-order valence-corrected chi connectivity index (χ2v) is 8.28.